The number of carbonyl (C=O) groups excluding carboxylic acids is 1. The lowest BCUT2D eigenvalue weighted by atomic mass is 9.89. The maximum Gasteiger partial charge on any atom is 0.265 e. The molecule has 0 unspecified atom stereocenters. The molecule has 1 N–H and O–H groups in total. The van der Waals surface area contributed by atoms with Crippen molar-refractivity contribution in [2.75, 3.05) is 0 Å². The van der Waals surface area contributed by atoms with Crippen LogP contribution in [0.5, 0.6) is 0 Å². The van der Waals surface area contributed by atoms with Crippen LogP contribution in [0.3, 0.4) is 0 Å². The van der Waals surface area contributed by atoms with Gasteiger partial charge >= 0.3 is 0 Å². The number of halogens is 1. The zero-order chi connectivity index (χ0) is 13.9. The number of nitrogens with one attached hydrogen (secondary N) is 1. The smallest absolute Gasteiger partial charge is 0.265 e. The van der Waals surface area contributed by atoms with Crippen LogP contribution in [-0.2, 0) is 14.8 Å². The molecule has 0 heterocycles. The summed E-state index contributed by atoms with van der Waals surface area (Å²) in [6.07, 6.45) is 4.66. The topological polar surface area (TPSA) is 63.2 Å². The Labute approximate surface area is 121 Å². The minimum atomic E-state index is -3.79. The summed E-state index contributed by atoms with van der Waals surface area (Å²) in [4.78, 5) is 12.1. The molecular formula is C13H16BrNO3S. The molecule has 6 heteroatoms. The van der Waals surface area contributed by atoms with E-state index in [9.17, 15) is 13.2 Å². The van der Waals surface area contributed by atoms with E-state index in [4.69, 9.17) is 0 Å². The summed E-state index contributed by atoms with van der Waals surface area (Å²) in [6, 6.07) is 6.47. The van der Waals surface area contributed by atoms with Gasteiger partial charge in [0.2, 0.25) is 5.91 Å². The van der Waals surface area contributed by atoms with Crippen molar-refractivity contribution in [2.45, 2.75) is 37.0 Å². The van der Waals surface area contributed by atoms with Crippen LogP contribution in [0, 0.1) is 5.92 Å². The first kappa shape index (κ1) is 14.5. The molecule has 1 fully saturated rings. The zero-order valence-electron chi connectivity index (χ0n) is 10.4. The predicted octanol–water partition coefficient (Wildman–Crippen LogP) is 2.83. The molecule has 0 atom stereocenters. The summed E-state index contributed by atoms with van der Waals surface area (Å²) >= 11 is 3.19. The molecule has 19 heavy (non-hydrogen) atoms. The second kappa shape index (κ2) is 6.05. The molecule has 1 amide bonds. The highest BCUT2D eigenvalue weighted by Gasteiger charge is 2.26. The number of sulfonamides is 1. The molecule has 0 aromatic heterocycles. The molecule has 0 saturated heterocycles. The number of benzene rings is 1. The number of hydrogen-bond acceptors (Lipinski definition) is 3. The van der Waals surface area contributed by atoms with E-state index in [0.717, 1.165) is 32.1 Å². The Morgan fingerprint density at radius 3 is 2.42 bits per heavy atom. The van der Waals surface area contributed by atoms with E-state index in [1.54, 1.807) is 18.2 Å². The van der Waals surface area contributed by atoms with Gasteiger partial charge in [-0.15, -0.1) is 0 Å². The first-order valence-corrected chi connectivity index (χ1v) is 8.59. The van der Waals surface area contributed by atoms with Crippen LogP contribution >= 0.6 is 15.9 Å². The standard InChI is InChI=1S/C13H16BrNO3S/c14-11-8-4-5-9-12(11)19(17,18)15-13(16)10-6-2-1-3-7-10/h4-5,8-10H,1-3,6-7H2,(H,15,16). The van der Waals surface area contributed by atoms with E-state index in [0.29, 0.717) is 4.47 Å². The Bertz CT molecular complexity index is 565. The van der Waals surface area contributed by atoms with Gasteiger partial charge in [0.05, 0.1) is 0 Å². The lowest BCUT2D eigenvalue weighted by Crippen LogP contribution is -2.36. The van der Waals surface area contributed by atoms with Crippen LogP contribution in [-0.4, -0.2) is 14.3 Å². The van der Waals surface area contributed by atoms with E-state index in [2.05, 4.69) is 20.7 Å². The van der Waals surface area contributed by atoms with Crippen molar-refractivity contribution in [3.8, 4) is 0 Å². The van der Waals surface area contributed by atoms with E-state index < -0.39 is 10.0 Å². The highest BCUT2D eigenvalue weighted by atomic mass is 79.9. The molecule has 0 aliphatic heterocycles. The maximum atomic E-state index is 12.1. The van der Waals surface area contributed by atoms with Crippen LogP contribution in [0.25, 0.3) is 0 Å². The summed E-state index contributed by atoms with van der Waals surface area (Å²) in [6.45, 7) is 0. The first-order chi connectivity index (χ1) is 9.00. The fourth-order valence-electron chi connectivity index (χ4n) is 2.30. The molecule has 1 aromatic carbocycles. The van der Waals surface area contributed by atoms with Crippen LogP contribution in [0.4, 0.5) is 0 Å². The zero-order valence-corrected chi connectivity index (χ0v) is 12.8. The highest BCUT2D eigenvalue weighted by Crippen LogP contribution is 2.25. The minimum Gasteiger partial charge on any atom is -0.274 e. The number of amides is 1. The molecule has 1 saturated carbocycles. The number of rotatable bonds is 3. The molecule has 2 rings (SSSR count). The van der Waals surface area contributed by atoms with Crippen molar-refractivity contribution in [1.82, 2.24) is 4.72 Å². The molecular weight excluding hydrogens is 330 g/mol. The van der Waals surface area contributed by atoms with Gasteiger partial charge in [-0.2, -0.15) is 0 Å². The number of carbonyl (C=O) groups is 1. The molecule has 1 aliphatic carbocycles. The third-order valence-electron chi connectivity index (χ3n) is 3.34. The van der Waals surface area contributed by atoms with Crippen molar-refractivity contribution in [3.63, 3.8) is 0 Å². The summed E-state index contributed by atoms with van der Waals surface area (Å²) < 4.78 is 26.9. The molecule has 4 nitrogen and oxygen atoms in total. The van der Waals surface area contributed by atoms with Crippen molar-refractivity contribution in [2.24, 2.45) is 5.92 Å². The largest absolute Gasteiger partial charge is 0.274 e. The molecule has 0 radical (unpaired) electrons. The van der Waals surface area contributed by atoms with E-state index in [1.165, 1.54) is 6.07 Å². The van der Waals surface area contributed by atoms with Gasteiger partial charge in [0.1, 0.15) is 4.90 Å². The third kappa shape index (κ3) is 3.57. The normalized spacial score (nSPS) is 17.1. The van der Waals surface area contributed by atoms with Gasteiger partial charge < -0.3 is 0 Å². The monoisotopic (exact) mass is 345 g/mol. The first-order valence-electron chi connectivity index (χ1n) is 6.32. The van der Waals surface area contributed by atoms with Gasteiger partial charge in [0, 0.05) is 10.4 Å². The maximum absolute atomic E-state index is 12.1. The van der Waals surface area contributed by atoms with Gasteiger partial charge in [-0.1, -0.05) is 31.4 Å². The molecule has 1 aliphatic rings. The average molecular weight is 346 g/mol. The molecule has 0 spiro atoms. The third-order valence-corrected chi connectivity index (χ3v) is 5.70. The van der Waals surface area contributed by atoms with Gasteiger partial charge in [-0.25, -0.2) is 13.1 Å². The number of hydrogen-bond donors (Lipinski definition) is 1. The second-order valence-corrected chi connectivity index (χ2v) is 7.24. The molecule has 0 bridgehead atoms. The minimum absolute atomic E-state index is 0.0964. The lowest BCUT2D eigenvalue weighted by Gasteiger charge is -2.20. The Hall–Kier alpha value is -0.880. The summed E-state index contributed by atoms with van der Waals surface area (Å²) in [7, 11) is -3.79. The molecule has 1 aromatic rings. The van der Waals surface area contributed by atoms with Gasteiger partial charge in [0.15, 0.2) is 0 Å². The predicted molar refractivity (Wildman–Crippen MR) is 76.0 cm³/mol. The van der Waals surface area contributed by atoms with Gasteiger partial charge in [-0.05, 0) is 40.9 Å². The van der Waals surface area contributed by atoms with Crippen molar-refractivity contribution in [3.05, 3.63) is 28.7 Å². The molecule has 104 valence electrons. The van der Waals surface area contributed by atoms with Crippen LogP contribution in [0.15, 0.2) is 33.6 Å². The average Bonchev–Trinajstić information content (AvgIpc) is 2.39. The summed E-state index contributed by atoms with van der Waals surface area (Å²) in [5.41, 5.74) is 0. The fraction of sp³-hybridized carbons (Fsp3) is 0.462. The van der Waals surface area contributed by atoms with Crippen molar-refractivity contribution in [1.29, 1.82) is 0 Å². The quantitative estimate of drug-likeness (QED) is 0.915. The van der Waals surface area contributed by atoms with Crippen molar-refractivity contribution >= 4 is 31.9 Å². The Kier molecular flexibility index (Phi) is 4.62. The van der Waals surface area contributed by atoms with E-state index >= 15 is 0 Å². The van der Waals surface area contributed by atoms with Gasteiger partial charge in [0.25, 0.3) is 10.0 Å². The second-order valence-electron chi connectivity index (χ2n) is 4.74. The highest BCUT2D eigenvalue weighted by molar-refractivity contribution is 9.10. The Balaban J connectivity index is 2.13. The van der Waals surface area contributed by atoms with E-state index in [1.807, 2.05) is 0 Å². The summed E-state index contributed by atoms with van der Waals surface area (Å²) in [5.74, 6) is -0.554. The van der Waals surface area contributed by atoms with Crippen LogP contribution < -0.4 is 4.72 Å². The van der Waals surface area contributed by atoms with Crippen LogP contribution in [0.1, 0.15) is 32.1 Å². The Morgan fingerprint density at radius 1 is 1.16 bits per heavy atom. The summed E-state index contributed by atoms with van der Waals surface area (Å²) in [5, 5.41) is 0. The lowest BCUT2D eigenvalue weighted by molar-refractivity contribution is -0.124. The fourth-order valence-corrected chi connectivity index (χ4v) is 4.35. The Morgan fingerprint density at radius 2 is 1.79 bits per heavy atom. The van der Waals surface area contributed by atoms with Crippen molar-refractivity contribution < 1.29 is 13.2 Å². The van der Waals surface area contributed by atoms with Gasteiger partial charge in [-0.3, -0.25) is 4.79 Å². The van der Waals surface area contributed by atoms with E-state index in [-0.39, 0.29) is 16.7 Å². The SMILES string of the molecule is O=C(NS(=O)(=O)c1ccccc1Br)C1CCCCC1. The van der Waals surface area contributed by atoms with Crippen LogP contribution in [0.2, 0.25) is 0 Å².